The Morgan fingerprint density at radius 3 is 2.54 bits per heavy atom. The SMILES string of the molecule is Cc1ccc(C)c(Nc2nc(NCc3ccccc3Cl)c3ccccc3n2)c1. The Labute approximate surface area is 169 Å². The maximum atomic E-state index is 6.29. The van der Waals surface area contributed by atoms with Crippen LogP contribution in [0, 0.1) is 13.8 Å². The second kappa shape index (κ2) is 7.87. The predicted molar refractivity (Wildman–Crippen MR) is 118 cm³/mol. The van der Waals surface area contributed by atoms with E-state index in [0.717, 1.165) is 38.6 Å². The lowest BCUT2D eigenvalue weighted by atomic mass is 10.1. The number of benzene rings is 3. The van der Waals surface area contributed by atoms with Crippen molar-refractivity contribution in [2.75, 3.05) is 10.6 Å². The molecule has 4 nitrogen and oxygen atoms in total. The minimum atomic E-state index is 0.564. The van der Waals surface area contributed by atoms with Crippen LogP contribution in [-0.2, 0) is 6.54 Å². The van der Waals surface area contributed by atoms with Gasteiger partial charge >= 0.3 is 0 Å². The monoisotopic (exact) mass is 388 g/mol. The Morgan fingerprint density at radius 1 is 0.893 bits per heavy atom. The van der Waals surface area contributed by atoms with E-state index < -0.39 is 0 Å². The van der Waals surface area contributed by atoms with E-state index in [1.54, 1.807) is 0 Å². The lowest BCUT2D eigenvalue weighted by Gasteiger charge is -2.14. The van der Waals surface area contributed by atoms with E-state index in [9.17, 15) is 0 Å². The van der Waals surface area contributed by atoms with E-state index in [-0.39, 0.29) is 0 Å². The highest BCUT2D eigenvalue weighted by Crippen LogP contribution is 2.26. The molecule has 1 aromatic heterocycles. The highest BCUT2D eigenvalue weighted by atomic mass is 35.5. The van der Waals surface area contributed by atoms with Crippen molar-refractivity contribution < 1.29 is 0 Å². The molecular weight excluding hydrogens is 368 g/mol. The summed E-state index contributed by atoms with van der Waals surface area (Å²) < 4.78 is 0. The van der Waals surface area contributed by atoms with E-state index in [1.165, 1.54) is 5.56 Å². The maximum Gasteiger partial charge on any atom is 0.229 e. The number of halogens is 1. The van der Waals surface area contributed by atoms with Gasteiger partial charge in [0, 0.05) is 22.6 Å². The summed E-state index contributed by atoms with van der Waals surface area (Å²) in [6.07, 6.45) is 0. The molecule has 0 bridgehead atoms. The van der Waals surface area contributed by atoms with E-state index >= 15 is 0 Å². The molecule has 0 radical (unpaired) electrons. The minimum absolute atomic E-state index is 0.564. The summed E-state index contributed by atoms with van der Waals surface area (Å²) in [7, 11) is 0. The Hall–Kier alpha value is -3.11. The maximum absolute atomic E-state index is 6.29. The van der Waals surface area contributed by atoms with Gasteiger partial charge in [-0.05, 0) is 54.8 Å². The molecule has 0 aliphatic heterocycles. The van der Waals surface area contributed by atoms with E-state index in [4.69, 9.17) is 16.6 Å². The number of hydrogen-bond donors (Lipinski definition) is 2. The molecule has 3 aromatic carbocycles. The number of aryl methyl sites for hydroxylation is 2. The van der Waals surface area contributed by atoms with E-state index in [1.807, 2.05) is 48.5 Å². The third kappa shape index (κ3) is 3.92. The van der Waals surface area contributed by atoms with Crippen molar-refractivity contribution in [2.45, 2.75) is 20.4 Å². The zero-order chi connectivity index (χ0) is 19.5. The van der Waals surface area contributed by atoms with Crippen LogP contribution in [-0.4, -0.2) is 9.97 Å². The smallest absolute Gasteiger partial charge is 0.229 e. The third-order valence-electron chi connectivity index (χ3n) is 4.65. The number of anilines is 3. The van der Waals surface area contributed by atoms with Gasteiger partial charge in [-0.3, -0.25) is 0 Å². The standard InChI is InChI=1S/C23H21ClN4/c1-15-11-12-16(2)21(13-15)27-23-26-20-10-6-4-8-18(20)22(28-23)25-14-17-7-3-5-9-19(17)24/h3-13H,14H2,1-2H3,(H2,25,26,27,28). The fourth-order valence-corrected chi connectivity index (χ4v) is 3.28. The van der Waals surface area contributed by atoms with Crippen molar-refractivity contribution in [1.82, 2.24) is 9.97 Å². The lowest BCUT2D eigenvalue weighted by molar-refractivity contribution is 1.10. The summed E-state index contributed by atoms with van der Waals surface area (Å²) in [5.74, 6) is 1.34. The quantitative estimate of drug-likeness (QED) is 0.424. The molecule has 28 heavy (non-hydrogen) atoms. The average Bonchev–Trinajstić information content (AvgIpc) is 2.70. The second-order valence-electron chi connectivity index (χ2n) is 6.80. The molecule has 2 N–H and O–H groups in total. The summed E-state index contributed by atoms with van der Waals surface area (Å²) >= 11 is 6.29. The van der Waals surface area contributed by atoms with E-state index in [2.05, 4.69) is 47.7 Å². The first-order chi connectivity index (χ1) is 13.6. The zero-order valence-electron chi connectivity index (χ0n) is 15.8. The molecular formula is C23H21ClN4. The van der Waals surface area contributed by atoms with Gasteiger partial charge in [0.15, 0.2) is 0 Å². The number of fused-ring (bicyclic) bond motifs is 1. The van der Waals surface area contributed by atoms with Gasteiger partial charge in [-0.25, -0.2) is 4.98 Å². The van der Waals surface area contributed by atoms with Gasteiger partial charge < -0.3 is 10.6 Å². The first-order valence-electron chi connectivity index (χ1n) is 9.18. The van der Waals surface area contributed by atoms with Crippen molar-refractivity contribution in [3.63, 3.8) is 0 Å². The van der Waals surface area contributed by atoms with E-state index in [0.29, 0.717) is 12.5 Å². The van der Waals surface area contributed by atoms with Crippen LogP contribution >= 0.6 is 11.6 Å². The van der Waals surface area contributed by atoms with Gasteiger partial charge in [-0.2, -0.15) is 4.98 Å². The number of nitrogens with one attached hydrogen (secondary N) is 2. The molecule has 0 amide bonds. The number of rotatable bonds is 5. The second-order valence-corrected chi connectivity index (χ2v) is 7.21. The van der Waals surface area contributed by atoms with Crippen LogP contribution in [0.4, 0.5) is 17.5 Å². The molecule has 0 aliphatic rings. The number of aromatic nitrogens is 2. The average molecular weight is 389 g/mol. The highest BCUT2D eigenvalue weighted by Gasteiger charge is 2.09. The topological polar surface area (TPSA) is 49.8 Å². The fourth-order valence-electron chi connectivity index (χ4n) is 3.08. The molecule has 0 unspecified atom stereocenters. The van der Waals surface area contributed by atoms with Gasteiger partial charge in [0.05, 0.1) is 5.52 Å². The van der Waals surface area contributed by atoms with Crippen molar-refractivity contribution >= 4 is 40.0 Å². The molecule has 0 aliphatic carbocycles. The number of para-hydroxylation sites is 1. The van der Waals surface area contributed by atoms with Crippen molar-refractivity contribution in [3.05, 3.63) is 88.4 Å². The molecule has 1 heterocycles. The third-order valence-corrected chi connectivity index (χ3v) is 5.02. The van der Waals surface area contributed by atoms with Gasteiger partial charge in [-0.1, -0.05) is 54.1 Å². The fraction of sp³-hybridized carbons (Fsp3) is 0.130. The van der Waals surface area contributed by atoms with Crippen LogP contribution in [0.1, 0.15) is 16.7 Å². The Balaban J connectivity index is 1.69. The minimum Gasteiger partial charge on any atom is -0.365 e. The molecule has 0 spiro atoms. The van der Waals surface area contributed by atoms with Crippen molar-refractivity contribution in [2.24, 2.45) is 0 Å². The Morgan fingerprint density at radius 2 is 1.68 bits per heavy atom. The van der Waals surface area contributed by atoms with Crippen LogP contribution in [0.5, 0.6) is 0 Å². The molecule has 0 atom stereocenters. The summed E-state index contributed by atoms with van der Waals surface area (Å²) in [4.78, 5) is 9.42. The molecule has 4 rings (SSSR count). The molecule has 0 fully saturated rings. The highest BCUT2D eigenvalue weighted by molar-refractivity contribution is 6.31. The predicted octanol–water partition coefficient (Wildman–Crippen LogP) is 6.26. The lowest BCUT2D eigenvalue weighted by Crippen LogP contribution is -2.06. The van der Waals surface area contributed by atoms with Gasteiger partial charge in [-0.15, -0.1) is 0 Å². The summed E-state index contributed by atoms with van der Waals surface area (Å²) in [5.41, 5.74) is 5.24. The molecule has 4 aromatic rings. The van der Waals surface area contributed by atoms with Crippen molar-refractivity contribution in [3.8, 4) is 0 Å². The largest absolute Gasteiger partial charge is 0.365 e. The summed E-state index contributed by atoms with van der Waals surface area (Å²) in [5, 5.41) is 8.50. The summed E-state index contributed by atoms with van der Waals surface area (Å²) in [6.45, 7) is 4.73. The first kappa shape index (κ1) is 18.3. The van der Waals surface area contributed by atoms with Crippen LogP contribution in [0.2, 0.25) is 5.02 Å². The van der Waals surface area contributed by atoms with Gasteiger partial charge in [0.1, 0.15) is 5.82 Å². The molecule has 0 saturated carbocycles. The summed E-state index contributed by atoms with van der Waals surface area (Å²) in [6, 6.07) is 22.1. The molecule has 0 saturated heterocycles. The van der Waals surface area contributed by atoms with Crippen LogP contribution in [0.25, 0.3) is 10.9 Å². The Kier molecular flexibility index (Phi) is 5.13. The van der Waals surface area contributed by atoms with Crippen LogP contribution < -0.4 is 10.6 Å². The van der Waals surface area contributed by atoms with Gasteiger partial charge in [0.25, 0.3) is 0 Å². The first-order valence-corrected chi connectivity index (χ1v) is 9.56. The van der Waals surface area contributed by atoms with Crippen molar-refractivity contribution in [1.29, 1.82) is 0 Å². The van der Waals surface area contributed by atoms with Crippen LogP contribution in [0.15, 0.2) is 66.7 Å². The van der Waals surface area contributed by atoms with Gasteiger partial charge in [0.2, 0.25) is 5.95 Å². The molecule has 5 heteroatoms. The van der Waals surface area contributed by atoms with Crippen LogP contribution in [0.3, 0.4) is 0 Å². The number of hydrogen-bond acceptors (Lipinski definition) is 4. The number of nitrogens with zero attached hydrogens (tertiary/aromatic N) is 2. The molecule has 140 valence electrons. The normalized spacial score (nSPS) is 10.8. The zero-order valence-corrected chi connectivity index (χ0v) is 16.6. The Bertz CT molecular complexity index is 1140.